The van der Waals surface area contributed by atoms with Gasteiger partial charge < -0.3 is 70.0 Å². The highest BCUT2D eigenvalue weighted by Crippen LogP contribution is 2.12. The Hall–Kier alpha value is 0.590. The van der Waals surface area contributed by atoms with Crippen molar-refractivity contribution >= 4 is 0 Å². The monoisotopic (exact) mass is 653 g/mol. The molecule has 0 aromatic carbocycles. The van der Waals surface area contributed by atoms with E-state index in [9.17, 15) is 5.11 Å². The fourth-order valence-corrected chi connectivity index (χ4v) is 4.79. The van der Waals surface area contributed by atoms with Crippen molar-refractivity contribution in [3.63, 3.8) is 0 Å². The topological polar surface area (TPSA) is 47.9 Å². The van der Waals surface area contributed by atoms with Crippen LogP contribution in [0.5, 0.6) is 0 Å². The summed E-state index contributed by atoms with van der Waals surface area (Å²) in [6.07, 6.45) is 14.3. The van der Waals surface area contributed by atoms with Crippen molar-refractivity contribution in [3.8, 4) is 0 Å². The Bertz CT molecular complexity index is 556. The third-order valence-electron chi connectivity index (χ3n) is 6.50. The first-order valence-corrected chi connectivity index (χ1v) is 15.5. The summed E-state index contributed by atoms with van der Waals surface area (Å²) in [6, 6.07) is 0. The number of rotatable bonds is 26. The summed E-state index contributed by atoms with van der Waals surface area (Å²) >= 11 is 0. The van der Waals surface area contributed by atoms with Crippen molar-refractivity contribution < 1.29 is 70.0 Å². The fraction of sp³-hybridized carbons (Fsp3) is 1.00. The van der Waals surface area contributed by atoms with Crippen LogP contribution in [0.2, 0.25) is 0 Å². The lowest BCUT2D eigenvalue weighted by atomic mass is 10.1. The number of unbranched alkanes of at least 4 members (excludes halogenated alkanes) is 10. The molecule has 3 unspecified atom stereocenters. The summed E-state index contributed by atoms with van der Waals surface area (Å²) in [5.41, 5.74) is 0. The quantitative estimate of drug-likeness (QED) is 0.0757. The summed E-state index contributed by atoms with van der Waals surface area (Å²) in [5, 5.41) is 10.4. The van der Waals surface area contributed by atoms with E-state index in [0.717, 1.165) is 35.1 Å². The Balaban J connectivity index is -0.00000228. The lowest BCUT2D eigenvalue weighted by molar-refractivity contribution is -0.876. The molecule has 0 bridgehead atoms. The zero-order chi connectivity index (χ0) is 29.1. The van der Waals surface area contributed by atoms with Gasteiger partial charge in [0.15, 0.2) is 0 Å². The van der Waals surface area contributed by atoms with Gasteiger partial charge in [0.25, 0.3) is 0 Å². The van der Waals surface area contributed by atoms with E-state index in [1.54, 1.807) is 0 Å². The van der Waals surface area contributed by atoms with Gasteiger partial charge in [-0.2, -0.15) is 0 Å². The van der Waals surface area contributed by atoms with Gasteiger partial charge in [-0.15, -0.1) is 0 Å². The minimum Gasteiger partial charge on any atom is -1.00 e. The van der Waals surface area contributed by atoms with Gasteiger partial charge in [-0.3, -0.25) is 0 Å². The predicted octanol–water partition coefficient (Wildman–Crippen LogP) is -4.42. The van der Waals surface area contributed by atoms with E-state index >= 15 is 0 Å². The van der Waals surface area contributed by atoms with Gasteiger partial charge in [0.1, 0.15) is 37.9 Å². The predicted molar refractivity (Wildman–Crippen MR) is 161 cm³/mol. The smallest absolute Gasteiger partial charge is 0.130 e. The van der Waals surface area contributed by atoms with Gasteiger partial charge in [-0.25, -0.2) is 0 Å². The van der Waals surface area contributed by atoms with Crippen LogP contribution in [0.25, 0.3) is 0 Å². The van der Waals surface area contributed by atoms with Crippen LogP contribution in [0.15, 0.2) is 0 Å². The molecule has 0 saturated heterocycles. The van der Waals surface area contributed by atoms with E-state index in [-0.39, 0.29) is 49.4 Å². The van der Waals surface area contributed by atoms with E-state index in [1.807, 2.05) is 0 Å². The standard InChI is InChI=1S/C31H70N3O4.3ClH/c1-11-12-13-14-15-16-17-18-19-20-21-22-36-27-30(24-33(5,6)7)38-28-31(25-34(8,9)10)37-26-29(35)23-32(2,3)4;;;/h29-31,35H,11-28H2,1-10H3;3*1H/q+3;;;/p-3. The van der Waals surface area contributed by atoms with E-state index in [4.69, 9.17) is 14.2 Å². The van der Waals surface area contributed by atoms with Gasteiger partial charge in [0.2, 0.25) is 0 Å². The third-order valence-corrected chi connectivity index (χ3v) is 6.50. The van der Waals surface area contributed by atoms with E-state index in [1.165, 1.54) is 64.2 Å². The molecule has 0 heterocycles. The lowest BCUT2D eigenvalue weighted by Gasteiger charge is -2.33. The minimum absolute atomic E-state index is 0. The van der Waals surface area contributed by atoms with Crippen molar-refractivity contribution in [2.75, 3.05) is 109 Å². The molecular formula is C31H70Cl3N3O4. The second-order valence-electron chi connectivity index (χ2n) is 14.6. The second-order valence-corrected chi connectivity index (χ2v) is 14.6. The van der Waals surface area contributed by atoms with Crippen molar-refractivity contribution in [3.05, 3.63) is 0 Å². The highest BCUT2D eigenvalue weighted by molar-refractivity contribution is 4.63. The first-order valence-electron chi connectivity index (χ1n) is 15.5. The lowest BCUT2D eigenvalue weighted by Crippen LogP contribution is -3.00. The molecule has 41 heavy (non-hydrogen) atoms. The number of hydrogen-bond donors (Lipinski definition) is 1. The van der Waals surface area contributed by atoms with Crippen molar-refractivity contribution in [1.29, 1.82) is 0 Å². The van der Waals surface area contributed by atoms with Crippen molar-refractivity contribution in [2.45, 2.75) is 95.9 Å². The number of hydrogen-bond acceptors (Lipinski definition) is 4. The average Bonchev–Trinajstić information content (AvgIpc) is 2.75. The molecule has 0 fully saturated rings. The number of aliphatic hydroxyl groups is 1. The highest BCUT2D eigenvalue weighted by Gasteiger charge is 2.26. The van der Waals surface area contributed by atoms with E-state index in [2.05, 4.69) is 70.4 Å². The van der Waals surface area contributed by atoms with Gasteiger partial charge in [-0.1, -0.05) is 71.1 Å². The molecular weight excluding hydrogens is 585 g/mol. The van der Waals surface area contributed by atoms with Gasteiger partial charge in [0, 0.05) is 6.61 Å². The number of nitrogens with zero attached hydrogens (tertiary/aromatic N) is 3. The zero-order valence-corrected chi connectivity index (χ0v) is 30.9. The Kier molecular flexibility index (Phi) is 31.9. The fourth-order valence-electron chi connectivity index (χ4n) is 4.79. The van der Waals surface area contributed by atoms with Crippen LogP contribution in [0.3, 0.4) is 0 Å². The maximum Gasteiger partial charge on any atom is 0.130 e. The molecule has 0 aromatic heterocycles. The molecule has 0 rings (SSSR count). The largest absolute Gasteiger partial charge is 1.00 e. The van der Waals surface area contributed by atoms with E-state index in [0.29, 0.717) is 30.8 Å². The van der Waals surface area contributed by atoms with Crippen molar-refractivity contribution in [1.82, 2.24) is 0 Å². The number of halogens is 3. The van der Waals surface area contributed by atoms with Crippen LogP contribution < -0.4 is 37.2 Å². The average molecular weight is 655 g/mol. The first-order chi connectivity index (χ1) is 17.6. The molecule has 0 spiro atoms. The number of likely N-dealkylation sites (N-methyl/N-ethyl adjacent to an activating group) is 3. The Morgan fingerprint density at radius 2 is 0.854 bits per heavy atom. The van der Waals surface area contributed by atoms with Gasteiger partial charge in [0.05, 0.1) is 83.2 Å². The molecule has 7 nitrogen and oxygen atoms in total. The van der Waals surface area contributed by atoms with Crippen LogP contribution in [0.4, 0.5) is 0 Å². The maximum absolute atomic E-state index is 10.4. The van der Waals surface area contributed by atoms with E-state index < -0.39 is 6.10 Å². The van der Waals surface area contributed by atoms with Crippen LogP contribution in [0, 0.1) is 0 Å². The van der Waals surface area contributed by atoms with Crippen LogP contribution in [-0.2, 0) is 14.2 Å². The Morgan fingerprint density at radius 3 is 1.27 bits per heavy atom. The van der Waals surface area contributed by atoms with Gasteiger partial charge in [-0.05, 0) is 6.42 Å². The zero-order valence-electron chi connectivity index (χ0n) is 28.6. The van der Waals surface area contributed by atoms with Crippen LogP contribution >= 0.6 is 0 Å². The second kappa shape index (κ2) is 26.9. The summed E-state index contributed by atoms with van der Waals surface area (Å²) < 4.78 is 21.0. The minimum atomic E-state index is -0.485. The molecule has 0 radical (unpaired) electrons. The molecule has 3 atom stereocenters. The maximum atomic E-state index is 10.4. The molecule has 1 N–H and O–H groups in total. The van der Waals surface area contributed by atoms with Crippen LogP contribution in [-0.4, -0.2) is 146 Å². The number of ether oxygens (including phenoxy) is 3. The highest BCUT2D eigenvalue weighted by atomic mass is 35.5. The Labute approximate surface area is 274 Å². The summed E-state index contributed by atoms with van der Waals surface area (Å²) in [5.74, 6) is 0. The van der Waals surface area contributed by atoms with Crippen molar-refractivity contribution in [2.24, 2.45) is 0 Å². The SMILES string of the molecule is CCCCCCCCCCCCCOCC(C[N+](C)(C)C)OCC(C[N+](C)(C)C)OCC(O)C[N+](C)(C)C.[Cl-].[Cl-].[Cl-]. The number of aliphatic hydroxyl groups excluding tert-OH is 1. The normalized spacial score (nSPS) is 14.4. The molecule has 0 amide bonds. The molecule has 0 aliphatic heterocycles. The summed E-state index contributed by atoms with van der Waals surface area (Å²) in [7, 11) is 19.3. The molecule has 0 aliphatic rings. The number of quaternary nitrogens is 3. The Morgan fingerprint density at radius 1 is 0.488 bits per heavy atom. The first kappa shape index (κ1) is 48.5. The third kappa shape index (κ3) is 36.7. The molecule has 0 saturated carbocycles. The van der Waals surface area contributed by atoms with Gasteiger partial charge >= 0.3 is 0 Å². The summed E-state index contributed by atoms with van der Waals surface area (Å²) in [6.45, 7) is 6.93. The molecule has 0 aliphatic carbocycles. The van der Waals surface area contributed by atoms with Crippen LogP contribution in [0.1, 0.15) is 77.6 Å². The molecule has 254 valence electrons. The molecule has 0 aromatic rings. The summed E-state index contributed by atoms with van der Waals surface area (Å²) in [4.78, 5) is 0. The molecule has 10 heteroatoms.